The fourth-order valence-corrected chi connectivity index (χ4v) is 8.76. The number of carbonyl (C=O) groups excluding carboxylic acids is 4. The van der Waals surface area contributed by atoms with Crippen LogP contribution in [-0.2, 0) is 19.2 Å². The summed E-state index contributed by atoms with van der Waals surface area (Å²) in [5, 5.41) is 10.5. The van der Waals surface area contributed by atoms with Gasteiger partial charge in [0, 0.05) is 11.5 Å². The highest BCUT2D eigenvalue weighted by molar-refractivity contribution is 14.1. The van der Waals surface area contributed by atoms with Gasteiger partial charge in [-0.1, -0.05) is 27.6 Å². The third-order valence-electron chi connectivity index (χ3n) is 8.29. The molecule has 1 aromatic carbocycles. The first-order valence-corrected chi connectivity index (χ1v) is 15.0. The third kappa shape index (κ3) is 3.51. The normalized spacial score (nSPS) is 34.8. The van der Waals surface area contributed by atoms with E-state index in [0.717, 1.165) is 4.90 Å². The molecular formula is C26H26BrCl2IN2O6. The maximum absolute atomic E-state index is 13.8. The molecule has 1 N–H and O–H groups in total. The van der Waals surface area contributed by atoms with E-state index in [2.05, 4.69) is 15.9 Å². The molecule has 0 aromatic heterocycles. The number of carbonyl (C=O) groups is 4. The van der Waals surface area contributed by atoms with E-state index in [1.54, 1.807) is 12.1 Å². The Hall–Kier alpha value is -1.37. The minimum atomic E-state index is -1.91. The fourth-order valence-electron chi connectivity index (χ4n) is 6.70. The topological polar surface area (TPSA) is 104 Å². The first-order chi connectivity index (χ1) is 17.6. The molecule has 204 valence electrons. The molecule has 2 aliphatic heterocycles. The number of ether oxygens (including phenoxy) is 1. The van der Waals surface area contributed by atoms with Gasteiger partial charge in [0.25, 0.3) is 11.8 Å². The number of amides is 4. The van der Waals surface area contributed by atoms with Crippen molar-refractivity contribution in [2.75, 3.05) is 12.6 Å². The lowest BCUT2D eigenvalue weighted by atomic mass is 9.56. The smallest absolute Gasteiger partial charge is 0.254 e. The summed E-state index contributed by atoms with van der Waals surface area (Å²) in [5.74, 6) is -4.60. The Balaban J connectivity index is 1.75. The van der Waals surface area contributed by atoms with Crippen molar-refractivity contribution in [2.45, 2.75) is 54.8 Å². The molecule has 2 saturated heterocycles. The second-order valence-electron chi connectivity index (χ2n) is 11.2. The molecule has 2 heterocycles. The van der Waals surface area contributed by atoms with Gasteiger partial charge in [0.1, 0.15) is 0 Å². The van der Waals surface area contributed by atoms with E-state index in [1.165, 1.54) is 12.0 Å². The van der Waals surface area contributed by atoms with Gasteiger partial charge in [-0.05, 0) is 79.8 Å². The first-order valence-electron chi connectivity index (χ1n) is 12.1. The summed E-state index contributed by atoms with van der Waals surface area (Å²) in [4.78, 5) is 53.3. The number of phenols is 1. The van der Waals surface area contributed by atoms with Crippen molar-refractivity contribution in [1.29, 1.82) is 0 Å². The predicted molar refractivity (Wildman–Crippen MR) is 152 cm³/mol. The highest BCUT2D eigenvalue weighted by Gasteiger charge is 2.76. The Labute approximate surface area is 252 Å². The van der Waals surface area contributed by atoms with Gasteiger partial charge in [-0.15, -0.1) is 23.2 Å². The van der Waals surface area contributed by atoms with Crippen LogP contribution < -0.4 is 4.74 Å². The van der Waals surface area contributed by atoms with E-state index >= 15 is 0 Å². The Morgan fingerprint density at radius 1 is 1.13 bits per heavy atom. The lowest BCUT2D eigenvalue weighted by Gasteiger charge is -2.50. The van der Waals surface area contributed by atoms with E-state index in [0.29, 0.717) is 21.1 Å². The molecule has 1 saturated carbocycles. The van der Waals surface area contributed by atoms with Crippen molar-refractivity contribution in [3.63, 3.8) is 0 Å². The molecule has 8 nitrogen and oxygen atoms in total. The number of nitrogens with zero attached hydrogens (tertiary/aromatic N) is 2. The number of fused-ring (bicyclic) bond motifs is 4. The summed E-state index contributed by atoms with van der Waals surface area (Å²) >= 11 is 19.6. The number of allylic oxidation sites excluding steroid dienone is 2. The minimum Gasteiger partial charge on any atom is -0.504 e. The van der Waals surface area contributed by atoms with Gasteiger partial charge in [-0.2, -0.15) is 0 Å². The van der Waals surface area contributed by atoms with Gasteiger partial charge in [0.05, 0.1) is 28.0 Å². The molecule has 4 amide bonds. The van der Waals surface area contributed by atoms with Crippen LogP contribution in [0.5, 0.6) is 11.5 Å². The van der Waals surface area contributed by atoms with Gasteiger partial charge in [0.2, 0.25) is 11.8 Å². The second kappa shape index (κ2) is 9.07. The molecule has 12 heteroatoms. The lowest BCUT2D eigenvalue weighted by Crippen LogP contribution is -2.60. The summed E-state index contributed by atoms with van der Waals surface area (Å²) in [6.45, 7) is 5.42. The van der Waals surface area contributed by atoms with Crippen molar-refractivity contribution < 1.29 is 29.0 Å². The van der Waals surface area contributed by atoms with Gasteiger partial charge in [0.15, 0.2) is 21.2 Å². The van der Waals surface area contributed by atoms with Crippen molar-refractivity contribution in [2.24, 2.45) is 17.8 Å². The van der Waals surface area contributed by atoms with Crippen LogP contribution in [0.3, 0.4) is 0 Å². The van der Waals surface area contributed by atoms with Crippen molar-refractivity contribution >= 4 is 85.4 Å². The standard InChI is InChI=1S/C26H26BrCl2IN2O6/c1-24(2,3)32-20(34)13-6-5-12-14(17(13)21(32)35)9-25(28)22(36)31(10-27)23(37)26(25,29)18(12)11-7-15(30)19(33)16(8-11)38-4/h5,7-8,13-14,17-18,33H,6,9-10H2,1-4H3/t13-,14+,17-,18-,25+,26-/m0/s1. The number of phenolic OH excluding ortho intramolecular Hbond substituents is 1. The maximum atomic E-state index is 13.8. The summed E-state index contributed by atoms with van der Waals surface area (Å²) in [6.07, 6.45) is 2.11. The number of aromatic hydroxyl groups is 1. The molecule has 6 atom stereocenters. The van der Waals surface area contributed by atoms with Gasteiger partial charge in [-0.25, -0.2) is 0 Å². The number of imide groups is 2. The summed E-state index contributed by atoms with van der Waals surface area (Å²) in [6, 6.07) is 3.26. The van der Waals surface area contributed by atoms with Gasteiger partial charge >= 0.3 is 0 Å². The average Bonchev–Trinajstić information content (AvgIpc) is 3.19. The number of hydrogen-bond donors (Lipinski definition) is 1. The molecule has 0 radical (unpaired) electrons. The zero-order valence-electron chi connectivity index (χ0n) is 21.1. The van der Waals surface area contributed by atoms with E-state index < -0.39 is 50.8 Å². The number of methoxy groups -OCH3 is 1. The van der Waals surface area contributed by atoms with E-state index in [1.807, 2.05) is 49.4 Å². The van der Waals surface area contributed by atoms with Crippen LogP contribution >= 0.6 is 61.7 Å². The summed E-state index contributed by atoms with van der Waals surface area (Å²) < 4.78 is 5.83. The predicted octanol–water partition coefficient (Wildman–Crippen LogP) is 4.52. The van der Waals surface area contributed by atoms with Crippen molar-refractivity contribution in [3.8, 4) is 11.5 Å². The van der Waals surface area contributed by atoms with Crippen LogP contribution in [0.15, 0.2) is 23.8 Å². The zero-order valence-corrected chi connectivity index (χ0v) is 26.3. The van der Waals surface area contributed by atoms with Crippen LogP contribution in [0.1, 0.15) is 45.1 Å². The molecule has 0 unspecified atom stereocenters. The number of benzene rings is 1. The zero-order chi connectivity index (χ0) is 28.1. The molecule has 3 fully saturated rings. The minimum absolute atomic E-state index is 0.0705. The summed E-state index contributed by atoms with van der Waals surface area (Å²) in [5.41, 5.74) is 0.388. The van der Waals surface area contributed by atoms with Gasteiger partial charge < -0.3 is 9.84 Å². The highest BCUT2D eigenvalue weighted by Crippen LogP contribution is 2.66. The van der Waals surface area contributed by atoms with Crippen LogP contribution in [0.25, 0.3) is 0 Å². The Bertz CT molecular complexity index is 1330. The molecular weight excluding hydrogens is 714 g/mol. The lowest BCUT2D eigenvalue weighted by molar-refractivity contribution is -0.146. The second-order valence-corrected chi connectivity index (χ2v) is 14.1. The molecule has 1 aromatic rings. The number of alkyl halides is 3. The highest BCUT2D eigenvalue weighted by atomic mass is 127. The fraction of sp³-hybridized carbons (Fsp3) is 0.538. The van der Waals surface area contributed by atoms with E-state index in [-0.39, 0.29) is 35.2 Å². The molecule has 38 heavy (non-hydrogen) atoms. The largest absolute Gasteiger partial charge is 0.504 e. The Morgan fingerprint density at radius 2 is 1.79 bits per heavy atom. The monoisotopic (exact) mass is 738 g/mol. The summed E-state index contributed by atoms with van der Waals surface area (Å²) in [7, 11) is 1.41. The number of hydrogen-bond acceptors (Lipinski definition) is 6. The Kier molecular flexibility index (Phi) is 6.72. The van der Waals surface area contributed by atoms with Crippen LogP contribution in [0, 0.1) is 21.3 Å². The number of likely N-dealkylation sites (tertiary alicyclic amines) is 2. The SMILES string of the molecule is COc1cc([C@H]2C3=CC[C@@H]4C(=O)N(C(C)(C)C)C(=O)[C@@H]4[C@@H]3C[C@@]3(Cl)C(=O)N(CBr)C(=O)[C@@]23Cl)cc(I)c1O. The van der Waals surface area contributed by atoms with E-state index in [9.17, 15) is 24.3 Å². The Morgan fingerprint density at radius 3 is 2.37 bits per heavy atom. The first kappa shape index (κ1) is 28.2. The van der Waals surface area contributed by atoms with E-state index in [4.69, 9.17) is 27.9 Å². The van der Waals surface area contributed by atoms with Crippen molar-refractivity contribution in [3.05, 3.63) is 32.9 Å². The van der Waals surface area contributed by atoms with Crippen LogP contribution in [0.4, 0.5) is 0 Å². The molecule has 5 rings (SSSR count). The number of rotatable bonds is 3. The maximum Gasteiger partial charge on any atom is 0.254 e. The van der Waals surface area contributed by atoms with Gasteiger partial charge in [-0.3, -0.25) is 29.0 Å². The average molecular weight is 740 g/mol. The third-order valence-corrected chi connectivity index (χ3v) is 11.0. The van der Waals surface area contributed by atoms with Crippen molar-refractivity contribution in [1.82, 2.24) is 9.80 Å². The number of halogens is 4. The van der Waals surface area contributed by atoms with Crippen LogP contribution in [-0.4, -0.2) is 66.4 Å². The quantitative estimate of drug-likeness (QED) is 0.161. The molecule has 2 aliphatic carbocycles. The molecule has 0 bridgehead atoms. The van der Waals surface area contributed by atoms with Crippen LogP contribution in [0.2, 0.25) is 0 Å². The molecule has 4 aliphatic rings. The molecule has 0 spiro atoms.